The van der Waals surface area contributed by atoms with Gasteiger partial charge in [-0.1, -0.05) is 0 Å². The molecule has 6 heteroatoms. The number of carboxylic acids is 1. The van der Waals surface area contributed by atoms with Crippen LogP contribution in [-0.4, -0.2) is 54.4 Å². The smallest absolute Gasteiger partial charge is 0.317 e. The summed E-state index contributed by atoms with van der Waals surface area (Å²) >= 11 is 0. The van der Waals surface area contributed by atoms with E-state index in [4.69, 9.17) is 9.84 Å². The highest BCUT2D eigenvalue weighted by molar-refractivity contribution is 5.74. The number of aliphatic carboxylic acids is 1. The highest BCUT2D eigenvalue weighted by Crippen LogP contribution is 2.19. The number of amides is 2. The number of hydrogen-bond acceptors (Lipinski definition) is 3. The number of rotatable bonds is 6. The Morgan fingerprint density at radius 2 is 2.22 bits per heavy atom. The largest absolute Gasteiger partial charge is 0.481 e. The molecule has 6 nitrogen and oxygen atoms in total. The summed E-state index contributed by atoms with van der Waals surface area (Å²) in [5, 5.41) is 11.5. The summed E-state index contributed by atoms with van der Waals surface area (Å²) in [6.45, 7) is 6.03. The van der Waals surface area contributed by atoms with Crippen LogP contribution < -0.4 is 5.32 Å². The molecule has 1 atom stereocenters. The van der Waals surface area contributed by atoms with Crippen molar-refractivity contribution in [2.45, 2.75) is 32.8 Å². The molecule has 0 radical (unpaired) electrons. The molecule has 104 valence electrons. The highest BCUT2D eigenvalue weighted by Gasteiger charge is 2.27. The van der Waals surface area contributed by atoms with Gasteiger partial charge in [0, 0.05) is 26.1 Å². The van der Waals surface area contributed by atoms with E-state index in [0.29, 0.717) is 26.2 Å². The first-order valence-corrected chi connectivity index (χ1v) is 6.35. The zero-order valence-corrected chi connectivity index (χ0v) is 11.0. The fraction of sp³-hybridized carbons (Fsp3) is 0.833. The Bertz CT molecular complexity index is 294. The van der Waals surface area contributed by atoms with Gasteiger partial charge < -0.3 is 20.1 Å². The Labute approximate surface area is 107 Å². The van der Waals surface area contributed by atoms with Crippen molar-refractivity contribution >= 4 is 12.0 Å². The molecule has 0 saturated carbocycles. The van der Waals surface area contributed by atoms with Crippen molar-refractivity contribution in [1.29, 1.82) is 0 Å². The minimum Gasteiger partial charge on any atom is -0.481 e. The Kier molecular flexibility index (Phi) is 5.91. The number of likely N-dealkylation sites (tertiary alicyclic amines) is 1. The van der Waals surface area contributed by atoms with E-state index < -0.39 is 5.97 Å². The molecular formula is C12H22N2O4. The normalized spacial score (nSPS) is 19.3. The van der Waals surface area contributed by atoms with E-state index in [1.54, 1.807) is 4.90 Å². The summed E-state index contributed by atoms with van der Waals surface area (Å²) in [6, 6.07) is -0.129. The van der Waals surface area contributed by atoms with E-state index in [1.165, 1.54) is 0 Å². The molecule has 2 N–H and O–H groups in total. The van der Waals surface area contributed by atoms with Crippen LogP contribution in [0.4, 0.5) is 4.79 Å². The first-order chi connectivity index (χ1) is 8.49. The van der Waals surface area contributed by atoms with E-state index in [0.717, 1.165) is 6.42 Å². The fourth-order valence-electron chi connectivity index (χ4n) is 2.00. The van der Waals surface area contributed by atoms with Gasteiger partial charge in [-0.2, -0.15) is 0 Å². The number of nitrogens with zero attached hydrogens (tertiary/aromatic N) is 1. The van der Waals surface area contributed by atoms with Crippen molar-refractivity contribution < 1.29 is 19.4 Å². The van der Waals surface area contributed by atoms with Crippen molar-refractivity contribution in [1.82, 2.24) is 10.2 Å². The van der Waals surface area contributed by atoms with Gasteiger partial charge in [-0.05, 0) is 26.2 Å². The third-order valence-electron chi connectivity index (χ3n) is 2.87. The van der Waals surface area contributed by atoms with Crippen molar-refractivity contribution in [2.24, 2.45) is 5.92 Å². The lowest BCUT2D eigenvalue weighted by molar-refractivity contribution is -0.138. The average molecular weight is 258 g/mol. The van der Waals surface area contributed by atoms with E-state index >= 15 is 0 Å². The number of nitrogens with one attached hydrogen (secondary N) is 1. The molecule has 0 aromatic carbocycles. The number of urea groups is 1. The molecule has 0 bridgehead atoms. The average Bonchev–Trinajstić information content (AvgIpc) is 2.71. The van der Waals surface area contributed by atoms with Gasteiger partial charge in [0.2, 0.25) is 0 Å². The second-order valence-electron chi connectivity index (χ2n) is 4.85. The van der Waals surface area contributed by atoms with Crippen LogP contribution in [0.1, 0.15) is 26.7 Å². The van der Waals surface area contributed by atoms with Crippen LogP contribution in [0.3, 0.4) is 0 Å². The molecule has 1 fully saturated rings. The topological polar surface area (TPSA) is 78.9 Å². The zero-order valence-electron chi connectivity index (χ0n) is 11.0. The molecule has 0 aromatic rings. The van der Waals surface area contributed by atoms with Crippen LogP contribution >= 0.6 is 0 Å². The number of carbonyl (C=O) groups excluding carboxylic acids is 1. The molecule has 1 saturated heterocycles. The number of carboxylic acid groups (broad SMARTS) is 1. The quantitative estimate of drug-likeness (QED) is 0.694. The van der Waals surface area contributed by atoms with Crippen LogP contribution in [0.25, 0.3) is 0 Å². The molecule has 1 aliphatic rings. The molecule has 0 aromatic heterocycles. The molecule has 1 rings (SSSR count). The fourth-order valence-corrected chi connectivity index (χ4v) is 2.00. The zero-order chi connectivity index (χ0) is 13.5. The monoisotopic (exact) mass is 258 g/mol. The summed E-state index contributed by atoms with van der Waals surface area (Å²) in [7, 11) is 0. The highest BCUT2D eigenvalue weighted by atomic mass is 16.5. The SMILES string of the molecule is CC(C)OCCNC(=O)N1CCC(CC(=O)O)C1. The molecular weight excluding hydrogens is 236 g/mol. The number of carbonyl (C=O) groups is 2. The van der Waals surface area contributed by atoms with Crippen LogP contribution in [-0.2, 0) is 9.53 Å². The van der Waals surface area contributed by atoms with Gasteiger partial charge in [0.25, 0.3) is 0 Å². The Balaban J connectivity index is 2.17. The standard InChI is InChI=1S/C12H22N2O4/c1-9(2)18-6-4-13-12(17)14-5-3-10(8-14)7-11(15)16/h9-10H,3-8H2,1-2H3,(H,13,17)(H,15,16). The third-order valence-corrected chi connectivity index (χ3v) is 2.87. The van der Waals surface area contributed by atoms with Crippen molar-refractivity contribution in [3.05, 3.63) is 0 Å². The maximum absolute atomic E-state index is 11.7. The number of hydrogen-bond donors (Lipinski definition) is 2. The van der Waals surface area contributed by atoms with E-state index in [1.807, 2.05) is 13.8 Å². The van der Waals surface area contributed by atoms with Gasteiger partial charge >= 0.3 is 12.0 Å². The van der Waals surface area contributed by atoms with Crippen LogP contribution in [0.15, 0.2) is 0 Å². The Morgan fingerprint density at radius 3 is 2.83 bits per heavy atom. The molecule has 1 unspecified atom stereocenters. The first-order valence-electron chi connectivity index (χ1n) is 6.35. The lowest BCUT2D eigenvalue weighted by atomic mass is 10.1. The van der Waals surface area contributed by atoms with Gasteiger partial charge in [0.1, 0.15) is 0 Å². The van der Waals surface area contributed by atoms with E-state index in [2.05, 4.69) is 5.32 Å². The molecule has 0 aliphatic carbocycles. The van der Waals surface area contributed by atoms with E-state index in [-0.39, 0.29) is 24.5 Å². The predicted octanol–water partition coefficient (Wildman–Crippen LogP) is 0.918. The lowest BCUT2D eigenvalue weighted by Gasteiger charge is -2.17. The first kappa shape index (κ1) is 14.8. The Hall–Kier alpha value is -1.30. The summed E-state index contributed by atoms with van der Waals surface area (Å²) < 4.78 is 5.32. The molecule has 1 heterocycles. The van der Waals surface area contributed by atoms with Gasteiger partial charge in [-0.3, -0.25) is 4.79 Å². The predicted molar refractivity (Wildman–Crippen MR) is 66.4 cm³/mol. The van der Waals surface area contributed by atoms with Crippen LogP contribution in [0, 0.1) is 5.92 Å². The minimum atomic E-state index is -0.799. The second-order valence-corrected chi connectivity index (χ2v) is 4.85. The molecule has 2 amide bonds. The van der Waals surface area contributed by atoms with Crippen molar-refractivity contribution in [2.75, 3.05) is 26.2 Å². The van der Waals surface area contributed by atoms with Crippen LogP contribution in [0.5, 0.6) is 0 Å². The van der Waals surface area contributed by atoms with Gasteiger partial charge in [0.05, 0.1) is 12.7 Å². The summed E-state index contributed by atoms with van der Waals surface area (Å²) in [6.07, 6.45) is 1.07. The van der Waals surface area contributed by atoms with Gasteiger partial charge in [-0.25, -0.2) is 4.79 Å². The third kappa shape index (κ3) is 5.35. The summed E-state index contributed by atoms with van der Waals surface area (Å²) in [5.41, 5.74) is 0. The maximum atomic E-state index is 11.7. The number of ether oxygens (including phenoxy) is 1. The van der Waals surface area contributed by atoms with Crippen molar-refractivity contribution in [3.63, 3.8) is 0 Å². The van der Waals surface area contributed by atoms with Crippen LogP contribution in [0.2, 0.25) is 0 Å². The molecule has 18 heavy (non-hydrogen) atoms. The summed E-state index contributed by atoms with van der Waals surface area (Å²) in [5.74, 6) is -0.715. The molecule has 1 aliphatic heterocycles. The van der Waals surface area contributed by atoms with Gasteiger partial charge in [0.15, 0.2) is 0 Å². The molecule has 0 spiro atoms. The minimum absolute atomic E-state index is 0.0835. The second kappa shape index (κ2) is 7.20. The lowest BCUT2D eigenvalue weighted by Crippen LogP contribution is -2.40. The maximum Gasteiger partial charge on any atom is 0.317 e. The summed E-state index contributed by atoms with van der Waals surface area (Å²) in [4.78, 5) is 24.0. The van der Waals surface area contributed by atoms with E-state index in [9.17, 15) is 9.59 Å². The van der Waals surface area contributed by atoms with Gasteiger partial charge in [-0.15, -0.1) is 0 Å². The van der Waals surface area contributed by atoms with Crippen molar-refractivity contribution in [3.8, 4) is 0 Å². The Morgan fingerprint density at radius 1 is 1.50 bits per heavy atom.